The minimum absolute atomic E-state index is 0.163. The molecule has 1 aliphatic heterocycles. The maximum absolute atomic E-state index is 12.8. The van der Waals surface area contributed by atoms with E-state index < -0.39 is 42.3 Å². The molecule has 11 nitrogen and oxygen atoms in total. The lowest BCUT2D eigenvalue weighted by molar-refractivity contribution is -0.144. The number of hydrogen-bond donors (Lipinski definition) is 5. The van der Waals surface area contributed by atoms with Gasteiger partial charge in [-0.15, -0.1) is 0 Å². The first-order valence-electron chi connectivity index (χ1n) is 13.7. The van der Waals surface area contributed by atoms with Gasteiger partial charge < -0.3 is 31.1 Å². The van der Waals surface area contributed by atoms with Gasteiger partial charge in [0, 0.05) is 13.0 Å². The van der Waals surface area contributed by atoms with Crippen LogP contribution in [-0.2, 0) is 24.0 Å². The molecule has 11 heteroatoms. The maximum Gasteiger partial charge on any atom is 0.326 e. The van der Waals surface area contributed by atoms with Crippen molar-refractivity contribution in [3.05, 3.63) is 0 Å². The molecule has 3 amide bonds. The van der Waals surface area contributed by atoms with Gasteiger partial charge in [-0.2, -0.15) is 0 Å². The zero-order chi connectivity index (χ0) is 27.2. The number of rotatable bonds is 15. The Kier molecular flexibility index (Phi) is 13.4. The fourth-order valence-electron chi connectivity index (χ4n) is 5.29. The SMILES string of the molecule is CCN(CC(=O)NC(CC(=O)O)C(=O)N[C@H](CC1CCCCC1)C(=O)O)C(=O)CCCC1CCNCC1. The third kappa shape index (κ3) is 11.5. The first kappa shape index (κ1) is 30.5. The van der Waals surface area contributed by atoms with Crippen molar-refractivity contribution in [2.24, 2.45) is 11.8 Å². The highest BCUT2D eigenvalue weighted by molar-refractivity contribution is 5.94. The van der Waals surface area contributed by atoms with Crippen molar-refractivity contribution in [1.29, 1.82) is 0 Å². The molecule has 2 rings (SSSR count). The quantitative estimate of drug-likeness (QED) is 0.215. The number of likely N-dealkylation sites (N-methyl/N-ethyl adjacent to an activating group) is 1. The largest absolute Gasteiger partial charge is 0.481 e. The number of carboxylic acid groups (broad SMARTS) is 2. The Morgan fingerprint density at radius 3 is 2.19 bits per heavy atom. The first-order chi connectivity index (χ1) is 17.7. The summed E-state index contributed by atoms with van der Waals surface area (Å²) in [6.07, 6.45) is 8.76. The number of hydrogen-bond acceptors (Lipinski definition) is 6. The molecule has 0 spiro atoms. The van der Waals surface area contributed by atoms with Gasteiger partial charge in [0.15, 0.2) is 0 Å². The highest BCUT2D eigenvalue weighted by Crippen LogP contribution is 2.27. The van der Waals surface area contributed by atoms with Gasteiger partial charge in [0.25, 0.3) is 0 Å². The van der Waals surface area contributed by atoms with Crippen molar-refractivity contribution in [3.63, 3.8) is 0 Å². The third-order valence-corrected chi connectivity index (χ3v) is 7.47. The summed E-state index contributed by atoms with van der Waals surface area (Å²) in [4.78, 5) is 62.6. The standard InChI is InChI=1S/C26H44N4O7/c1-2-30(23(32)10-6-9-18-11-13-27-14-12-18)17-22(31)28-20(16-24(33)34)25(35)29-21(26(36)37)15-19-7-4-3-5-8-19/h18-21,27H,2-17H2,1H3,(H,28,31)(H,29,35)(H,33,34)(H,36,37)/t20?,21-/m1/s1. The minimum atomic E-state index is -1.44. The molecule has 0 radical (unpaired) electrons. The van der Waals surface area contributed by atoms with Gasteiger partial charge in [-0.05, 0) is 64.0 Å². The molecule has 2 atom stereocenters. The molecule has 210 valence electrons. The summed E-state index contributed by atoms with van der Waals surface area (Å²) >= 11 is 0. The van der Waals surface area contributed by atoms with Crippen molar-refractivity contribution in [3.8, 4) is 0 Å². The summed E-state index contributed by atoms with van der Waals surface area (Å²) in [7, 11) is 0. The number of amides is 3. The summed E-state index contributed by atoms with van der Waals surface area (Å²) in [5.74, 6) is -3.38. The van der Waals surface area contributed by atoms with E-state index in [1.807, 2.05) is 0 Å². The molecule has 1 unspecified atom stereocenters. The van der Waals surface area contributed by atoms with E-state index in [0.29, 0.717) is 18.9 Å². The van der Waals surface area contributed by atoms with Gasteiger partial charge >= 0.3 is 11.9 Å². The van der Waals surface area contributed by atoms with Crippen LogP contribution in [0, 0.1) is 11.8 Å². The van der Waals surface area contributed by atoms with E-state index in [1.54, 1.807) is 6.92 Å². The molecular weight excluding hydrogens is 480 g/mol. The first-order valence-corrected chi connectivity index (χ1v) is 13.7. The van der Waals surface area contributed by atoms with Crippen LogP contribution in [0.2, 0.25) is 0 Å². The average molecular weight is 525 g/mol. The van der Waals surface area contributed by atoms with Gasteiger partial charge in [-0.25, -0.2) is 4.79 Å². The van der Waals surface area contributed by atoms with Gasteiger partial charge in [0.1, 0.15) is 12.1 Å². The molecule has 1 aliphatic carbocycles. The molecule has 0 aromatic carbocycles. The Labute approximate surface area is 219 Å². The van der Waals surface area contributed by atoms with Crippen LogP contribution in [0.25, 0.3) is 0 Å². The summed E-state index contributed by atoms with van der Waals surface area (Å²) in [6, 6.07) is -2.59. The van der Waals surface area contributed by atoms with Crippen molar-refractivity contribution in [2.75, 3.05) is 26.2 Å². The zero-order valence-electron chi connectivity index (χ0n) is 22.0. The molecule has 1 saturated heterocycles. The molecule has 1 saturated carbocycles. The van der Waals surface area contributed by atoms with E-state index in [0.717, 1.165) is 70.9 Å². The summed E-state index contributed by atoms with van der Waals surface area (Å²) in [5.41, 5.74) is 0. The average Bonchev–Trinajstić information content (AvgIpc) is 2.87. The van der Waals surface area contributed by atoms with E-state index in [2.05, 4.69) is 16.0 Å². The van der Waals surface area contributed by atoms with E-state index in [1.165, 1.54) is 4.90 Å². The number of nitrogens with zero attached hydrogens (tertiary/aromatic N) is 1. The third-order valence-electron chi connectivity index (χ3n) is 7.47. The van der Waals surface area contributed by atoms with E-state index in [-0.39, 0.29) is 24.8 Å². The van der Waals surface area contributed by atoms with Crippen LogP contribution < -0.4 is 16.0 Å². The minimum Gasteiger partial charge on any atom is -0.481 e. The molecule has 2 fully saturated rings. The van der Waals surface area contributed by atoms with Crippen molar-refractivity contribution in [1.82, 2.24) is 20.9 Å². The summed E-state index contributed by atoms with van der Waals surface area (Å²) in [6.45, 7) is 3.76. The van der Waals surface area contributed by atoms with Crippen LogP contribution in [0.1, 0.15) is 84.0 Å². The maximum atomic E-state index is 12.8. The highest BCUT2D eigenvalue weighted by atomic mass is 16.4. The number of carbonyl (C=O) groups excluding carboxylic acids is 3. The molecule has 5 N–H and O–H groups in total. The second-order valence-corrected chi connectivity index (χ2v) is 10.4. The van der Waals surface area contributed by atoms with E-state index in [4.69, 9.17) is 0 Å². The molecular formula is C26H44N4O7. The van der Waals surface area contributed by atoms with Crippen LogP contribution in [0.3, 0.4) is 0 Å². The molecule has 1 heterocycles. The lowest BCUT2D eigenvalue weighted by Gasteiger charge is -2.27. The second-order valence-electron chi connectivity index (χ2n) is 10.4. The predicted molar refractivity (Wildman–Crippen MR) is 137 cm³/mol. The number of nitrogens with one attached hydrogen (secondary N) is 3. The normalized spacial score (nSPS) is 18.4. The Bertz CT molecular complexity index is 779. The Morgan fingerprint density at radius 1 is 0.919 bits per heavy atom. The Balaban J connectivity index is 1.88. The summed E-state index contributed by atoms with van der Waals surface area (Å²) < 4.78 is 0. The summed E-state index contributed by atoms with van der Waals surface area (Å²) in [5, 5.41) is 27.0. The van der Waals surface area contributed by atoms with Gasteiger partial charge in [-0.3, -0.25) is 19.2 Å². The second kappa shape index (κ2) is 16.2. The fraction of sp³-hybridized carbons (Fsp3) is 0.808. The molecule has 0 bridgehead atoms. The van der Waals surface area contributed by atoms with Gasteiger partial charge in [-0.1, -0.05) is 32.1 Å². The molecule has 0 aromatic rings. The van der Waals surface area contributed by atoms with Crippen LogP contribution >= 0.6 is 0 Å². The van der Waals surface area contributed by atoms with Crippen LogP contribution in [0.15, 0.2) is 0 Å². The number of aliphatic carboxylic acids is 2. The van der Waals surface area contributed by atoms with E-state index in [9.17, 15) is 34.2 Å². The molecule has 37 heavy (non-hydrogen) atoms. The highest BCUT2D eigenvalue weighted by Gasteiger charge is 2.31. The Hall–Kier alpha value is -2.69. The zero-order valence-corrected chi connectivity index (χ0v) is 22.0. The van der Waals surface area contributed by atoms with Crippen LogP contribution in [0.4, 0.5) is 0 Å². The number of carbonyl (C=O) groups is 5. The van der Waals surface area contributed by atoms with Gasteiger partial charge in [0.2, 0.25) is 17.7 Å². The number of piperidine rings is 1. The molecule has 0 aromatic heterocycles. The van der Waals surface area contributed by atoms with Crippen molar-refractivity contribution < 1.29 is 34.2 Å². The lowest BCUT2D eigenvalue weighted by Crippen LogP contribution is -2.54. The topological polar surface area (TPSA) is 165 Å². The fourth-order valence-corrected chi connectivity index (χ4v) is 5.29. The van der Waals surface area contributed by atoms with E-state index >= 15 is 0 Å². The van der Waals surface area contributed by atoms with Crippen molar-refractivity contribution in [2.45, 2.75) is 96.1 Å². The van der Waals surface area contributed by atoms with Gasteiger partial charge in [0.05, 0.1) is 13.0 Å². The van der Waals surface area contributed by atoms with Crippen LogP contribution in [0.5, 0.6) is 0 Å². The number of carboxylic acids is 2. The smallest absolute Gasteiger partial charge is 0.326 e. The monoisotopic (exact) mass is 524 g/mol. The molecule has 2 aliphatic rings. The lowest BCUT2D eigenvalue weighted by atomic mass is 9.85. The predicted octanol–water partition coefficient (Wildman–Crippen LogP) is 1.50. The van der Waals surface area contributed by atoms with Crippen molar-refractivity contribution >= 4 is 29.7 Å². The Morgan fingerprint density at radius 2 is 1.59 bits per heavy atom. The van der Waals surface area contributed by atoms with Crippen LogP contribution in [-0.4, -0.2) is 83.0 Å².